The maximum atomic E-state index is 4.73. The maximum absolute atomic E-state index is 4.73. The smallest absolute Gasteiger partial charge is 0.0832 e. The van der Waals surface area contributed by atoms with Crippen LogP contribution in [0, 0.1) is 6.61 Å². The zero-order valence-electron chi connectivity index (χ0n) is 5.39. The summed E-state index contributed by atoms with van der Waals surface area (Å²) in [7, 11) is 1.67. The van der Waals surface area contributed by atoms with Crippen molar-refractivity contribution in [2.24, 2.45) is 0 Å². The van der Waals surface area contributed by atoms with Crippen LogP contribution >= 0.6 is 0 Å². The van der Waals surface area contributed by atoms with Crippen LogP contribution in [0.4, 0.5) is 0 Å². The van der Waals surface area contributed by atoms with Crippen LogP contribution in [-0.2, 0) is 4.74 Å². The largest absolute Gasteiger partial charge is 0.379 e. The van der Waals surface area contributed by atoms with E-state index in [1.807, 2.05) is 12.7 Å². The Kier molecular flexibility index (Phi) is 6.45. The molecular formula is C7H13O. The first-order valence-electron chi connectivity index (χ1n) is 2.87. The molecule has 0 saturated heterocycles. The minimum Gasteiger partial charge on any atom is -0.379 e. The summed E-state index contributed by atoms with van der Waals surface area (Å²) in [4.78, 5) is 0. The highest BCUT2D eigenvalue weighted by molar-refractivity contribution is 4.66. The Bertz CT molecular complexity index is 50.3. The fourth-order valence-electron chi connectivity index (χ4n) is 0.463. The maximum Gasteiger partial charge on any atom is 0.0832 e. The van der Waals surface area contributed by atoms with E-state index in [0.29, 0.717) is 0 Å². The highest BCUT2D eigenvalue weighted by Crippen LogP contribution is 1.97. The zero-order valence-corrected chi connectivity index (χ0v) is 5.39. The number of hydrogen-bond donors (Lipinski definition) is 0. The molecule has 0 bridgehead atoms. The molecule has 0 rings (SSSR count). The zero-order chi connectivity index (χ0) is 6.24. The Balaban J connectivity index is 2.62. The van der Waals surface area contributed by atoms with Gasteiger partial charge in [0.1, 0.15) is 0 Å². The second kappa shape index (κ2) is 6.70. The van der Waals surface area contributed by atoms with Crippen molar-refractivity contribution in [1.82, 2.24) is 0 Å². The topological polar surface area (TPSA) is 9.23 Å². The molecule has 0 aliphatic heterocycles. The average Bonchev–Trinajstić information content (AvgIpc) is 1.81. The summed E-state index contributed by atoms with van der Waals surface area (Å²) in [6, 6.07) is 0. The highest BCUT2D eigenvalue weighted by Gasteiger charge is 1.82. The van der Waals surface area contributed by atoms with Gasteiger partial charge in [-0.25, -0.2) is 0 Å². The second-order valence-corrected chi connectivity index (χ2v) is 1.62. The summed E-state index contributed by atoms with van der Waals surface area (Å²) >= 11 is 0. The summed E-state index contributed by atoms with van der Waals surface area (Å²) in [5.41, 5.74) is 0. The Morgan fingerprint density at radius 2 is 2.25 bits per heavy atom. The molecule has 0 heterocycles. The van der Waals surface area contributed by atoms with Crippen molar-refractivity contribution in [3.8, 4) is 0 Å². The molecule has 0 aromatic rings. The van der Waals surface area contributed by atoms with E-state index in [1.54, 1.807) is 7.11 Å². The molecule has 0 aromatic heterocycles. The lowest BCUT2D eigenvalue weighted by atomic mass is 10.2. The third-order valence-corrected chi connectivity index (χ3v) is 0.897. The van der Waals surface area contributed by atoms with Crippen LogP contribution in [-0.4, -0.2) is 7.11 Å². The molecule has 0 atom stereocenters. The van der Waals surface area contributed by atoms with E-state index in [-0.39, 0.29) is 0 Å². The van der Waals surface area contributed by atoms with Gasteiger partial charge in [-0.15, -0.1) is 6.58 Å². The molecule has 1 heteroatoms. The lowest BCUT2D eigenvalue weighted by Crippen LogP contribution is -1.78. The number of ether oxygens (including phenoxy) is 1. The van der Waals surface area contributed by atoms with Gasteiger partial charge in [0.05, 0.1) is 6.61 Å². The molecule has 47 valence electrons. The van der Waals surface area contributed by atoms with E-state index >= 15 is 0 Å². The third kappa shape index (κ3) is 5.70. The Morgan fingerprint density at radius 1 is 1.50 bits per heavy atom. The number of hydrogen-bond acceptors (Lipinski definition) is 1. The molecule has 0 saturated carbocycles. The van der Waals surface area contributed by atoms with Gasteiger partial charge < -0.3 is 4.74 Å². The number of unbranched alkanes of at least 4 members (excludes halogenated alkanes) is 2. The van der Waals surface area contributed by atoms with Gasteiger partial charge in [0.15, 0.2) is 0 Å². The monoisotopic (exact) mass is 113 g/mol. The molecule has 0 fully saturated rings. The van der Waals surface area contributed by atoms with Crippen molar-refractivity contribution in [3.63, 3.8) is 0 Å². The molecule has 8 heavy (non-hydrogen) atoms. The quantitative estimate of drug-likeness (QED) is 0.392. The molecule has 1 radical (unpaired) electrons. The van der Waals surface area contributed by atoms with Crippen LogP contribution in [0.25, 0.3) is 0 Å². The summed E-state index contributed by atoms with van der Waals surface area (Å²) in [5, 5.41) is 0. The van der Waals surface area contributed by atoms with Gasteiger partial charge in [0, 0.05) is 7.11 Å². The van der Waals surface area contributed by atoms with Crippen molar-refractivity contribution < 1.29 is 4.74 Å². The predicted molar refractivity (Wildman–Crippen MR) is 35.4 cm³/mol. The average molecular weight is 113 g/mol. The van der Waals surface area contributed by atoms with Crippen molar-refractivity contribution in [2.75, 3.05) is 7.11 Å². The molecule has 1 nitrogen and oxygen atoms in total. The van der Waals surface area contributed by atoms with Gasteiger partial charge in [-0.2, -0.15) is 0 Å². The van der Waals surface area contributed by atoms with Crippen LogP contribution in [0.3, 0.4) is 0 Å². The molecular weight excluding hydrogens is 100 g/mol. The molecule has 0 spiro atoms. The van der Waals surface area contributed by atoms with Gasteiger partial charge in [-0.05, 0) is 19.3 Å². The second-order valence-electron chi connectivity index (χ2n) is 1.62. The molecule has 0 unspecified atom stereocenters. The highest BCUT2D eigenvalue weighted by atomic mass is 16.5. The van der Waals surface area contributed by atoms with Crippen molar-refractivity contribution >= 4 is 0 Å². The number of methoxy groups -OCH3 is 1. The Hall–Kier alpha value is -0.300. The fraction of sp³-hybridized carbons (Fsp3) is 0.571. The molecule has 0 aliphatic rings. The van der Waals surface area contributed by atoms with Crippen LogP contribution in [0.1, 0.15) is 19.3 Å². The normalized spacial score (nSPS) is 9.12. The Morgan fingerprint density at radius 3 is 2.75 bits per heavy atom. The van der Waals surface area contributed by atoms with E-state index in [2.05, 4.69) is 6.58 Å². The summed E-state index contributed by atoms with van der Waals surface area (Å²) in [5.74, 6) is 0. The Labute approximate surface area is 51.4 Å². The van der Waals surface area contributed by atoms with E-state index in [4.69, 9.17) is 4.74 Å². The number of rotatable bonds is 5. The standard InChI is InChI=1S/C7H13O/c1-3-4-5-6-7-8-2/h3,7H,1,4-6H2,2H3. The fourth-order valence-corrected chi connectivity index (χ4v) is 0.463. The molecule has 0 aliphatic carbocycles. The van der Waals surface area contributed by atoms with Crippen molar-refractivity contribution in [3.05, 3.63) is 19.3 Å². The van der Waals surface area contributed by atoms with Crippen molar-refractivity contribution in [2.45, 2.75) is 19.3 Å². The first-order valence-corrected chi connectivity index (χ1v) is 2.87. The van der Waals surface area contributed by atoms with Gasteiger partial charge in [-0.1, -0.05) is 6.08 Å². The van der Waals surface area contributed by atoms with Crippen LogP contribution in [0.2, 0.25) is 0 Å². The van der Waals surface area contributed by atoms with E-state index < -0.39 is 0 Å². The van der Waals surface area contributed by atoms with Gasteiger partial charge in [0.2, 0.25) is 0 Å². The van der Waals surface area contributed by atoms with Gasteiger partial charge in [0.25, 0.3) is 0 Å². The third-order valence-electron chi connectivity index (χ3n) is 0.897. The molecule has 0 aromatic carbocycles. The SMILES string of the molecule is C=CCCC[CH]OC. The van der Waals surface area contributed by atoms with E-state index in [9.17, 15) is 0 Å². The summed E-state index contributed by atoms with van der Waals surface area (Å²) in [6.07, 6.45) is 5.18. The van der Waals surface area contributed by atoms with Gasteiger partial charge in [-0.3, -0.25) is 0 Å². The lowest BCUT2D eigenvalue weighted by molar-refractivity contribution is 0.263. The number of allylic oxidation sites excluding steroid dienone is 1. The van der Waals surface area contributed by atoms with Crippen LogP contribution in [0.5, 0.6) is 0 Å². The first-order chi connectivity index (χ1) is 3.91. The van der Waals surface area contributed by atoms with Gasteiger partial charge >= 0.3 is 0 Å². The molecule has 0 amide bonds. The van der Waals surface area contributed by atoms with E-state index in [0.717, 1.165) is 19.3 Å². The lowest BCUT2D eigenvalue weighted by Gasteiger charge is -1.92. The van der Waals surface area contributed by atoms with E-state index in [1.165, 1.54) is 0 Å². The minimum atomic E-state index is 1.03. The first kappa shape index (κ1) is 7.70. The summed E-state index contributed by atoms with van der Waals surface area (Å²) < 4.78 is 4.73. The minimum absolute atomic E-state index is 1.03. The van der Waals surface area contributed by atoms with Crippen LogP contribution in [0.15, 0.2) is 12.7 Å². The predicted octanol–water partition coefficient (Wildman–Crippen LogP) is 2.15. The van der Waals surface area contributed by atoms with Crippen molar-refractivity contribution in [1.29, 1.82) is 0 Å². The van der Waals surface area contributed by atoms with Crippen LogP contribution < -0.4 is 0 Å². The molecule has 0 N–H and O–H groups in total. The summed E-state index contributed by atoms with van der Waals surface area (Å²) in [6.45, 7) is 5.41.